The maximum absolute atomic E-state index is 10.8. The van der Waals surface area contributed by atoms with E-state index in [0.29, 0.717) is 5.92 Å². The van der Waals surface area contributed by atoms with Gasteiger partial charge in [-0.2, -0.15) is 0 Å². The summed E-state index contributed by atoms with van der Waals surface area (Å²) in [5, 5.41) is 0. The standard InChI is InChI=1S/C8H17N3O/c9-6-7-2-1-4-11(5-3-7)8(10)12/h7H,1-6,9H2,(H2,10,12). The Hall–Kier alpha value is -0.770. The molecule has 0 aliphatic carbocycles. The Balaban J connectivity index is 2.39. The van der Waals surface area contributed by atoms with Crippen LogP contribution >= 0.6 is 0 Å². The molecule has 1 aliphatic rings. The SMILES string of the molecule is NCC1CCCN(C(N)=O)CC1. The number of nitrogens with two attached hydrogens (primary N) is 2. The normalized spacial score (nSPS) is 25.1. The maximum atomic E-state index is 10.8. The van der Waals surface area contributed by atoms with E-state index < -0.39 is 0 Å². The Bertz CT molecular complexity index is 160. The van der Waals surface area contributed by atoms with E-state index in [1.54, 1.807) is 4.90 Å². The topological polar surface area (TPSA) is 72.3 Å². The molecule has 0 aromatic heterocycles. The van der Waals surface area contributed by atoms with Crippen molar-refractivity contribution in [3.05, 3.63) is 0 Å². The summed E-state index contributed by atoms with van der Waals surface area (Å²) in [4.78, 5) is 12.5. The summed E-state index contributed by atoms with van der Waals surface area (Å²) in [5.74, 6) is 0.578. The second-order valence-electron chi connectivity index (χ2n) is 3.36. The summed E-state index contributed by atoms with van der Waals surface area (Å²) in [7, 11) is 0. The lowest BCUT2D eigenvalue weighted by Crippen LogP contribution is -2.36. The molecule has 0 aromatic carbocycles. The minimum Gasteiger partial charge on any atom is -0.351 e. The van der Waals surface area contributed by atoms with Crippen LogP contribution in [-0.2, 0) is 0 Å². The number of hydrogen-bond donors (Lipinski definition) is 2. The van der Waals surface area contributed by atoms with Crippen molar-refractivity contribution >= 4 is 6.03 Å². The molecule has 1 saturated heterocycles. The van der Waals surface area contributed by atoms with Gasteiger partial charge in [-0.1, -0.05) is 0 Å². The summed E-state index contributed by atoms with van der Waals surface area (Å²) < 4.78 is 0. The zero-order valence-corrected chi connectivity index (χ0v) is 7.33. The number of rotatable bonds is 1. The fraction of sp³-hybridized carbons (Fsp3) is 0.875. The molecule has 1 heterocycles. The first-order chi connectivity index (χ1) is 5.74. The molecule has 0 radical (unpaired) electrons. The Labute approximate surface area is 72.9 Å². The molecule has 4 heteroatoms. The molecule has 1 fully saturated rings. The van der Waals surface area contributed by atoms with E-state index in [0.717, 1.165) is 38.9 Å². The molecule has 4 N–H and O–H groups in total. The van der Waals surface area contributed by atoms with Crippen molar-refractivity contribution < 1.29 is 4.79 Å². The number of urea groups is 1. The lowest BCUT2D eigenvalue weighted by atomic mass is 10.0. The number of hydrogen-bond acceptors (Lipinski definition) is 2. The lowest BCUT2D eigenvalue weighted by Gasteiger charge is -2.17. The third-order valence-electron chi connectivity index (χ3n) is 2.49. The first-order valence-corrected chi connectivity index (χ1v) is 4.48. The van der Waals surface area contributed by atoms with Crippen LogP contribution in [-0.4, -0.2) is 30.6 Å². The summed E-state index contributed by atoms with van der Waals surface area (Å²) in [6.07, 6.45) is 3.16. The van der Waals surface area contributed by atoms with Gasteiger partial charge in [0.15, 0.2) is 0 Å². The number of amides is 2. The minimum atomic E-state index is -0.298. The van der Waals surface area contributed by atoms with Crippen LogP contribution in [0.25, 0.3) is 0 Å². The van der Waals surface area contributed by atoms with Crippen LogP contribution in [0.1, 0.15) is 19.3 Å². The number of likely N-dealkylation sites (tertiary alicyclic amines) is 1. The number of carbonyl (C=O) groups excluding carboxylic acids is 1. The highest BCUT2D eigenvalue weighted by Gasteiger charge is 2.17. The van der Waals surface area contributed by atoms with Gasteiger partial charge in [-0.3, -0.25) is 0 Å². The van der Waals surface area contributed by atoms with Gasteiger partial charge in [-0.15, -0.1) is 0 Å². The second-order valence-corrected chi connectivity index (χ2v) is 3.36. The molecule has 4 nitrogen and oxygen atoms in total. The van der Waals surface area contributed by atoms with E-state index in [-0.39, 0.29) is 6.03 Å². The predicted octanol–water partition coefficient (Wildman–Crippen LogP) is 0.126. The van der Waals surface area contributed by atoms with Gasteiger partial charge in [0.1, 0.15) is 0 Å². The molecular weight excluding hydrogens is 154 g/mol. The average molecular weight is 171 g/mol. The lowest BCUT2D eigenvalue weighted by molar-refractivity contribution is 0.209. The molecule has 1 aliphatic heterocycles. The molecule has 70 valence electrons. The van der Waals surface area contributed by atoms with E-state index in [9.17, 15) is 4.79 Å². The highest BCUT2D eigenvalue weighted by Crippen LogP contribution is 2.15. The van der Waals surface area contributed by atoms with Crippen molar-refractivity contribution in [2.45, 2.75) is 19.3 Å². The van der Waals surface area contributed by atoms with E-state index in [1.165, 1.54) is 0 Å². The summed E-state index contributed by atoms with van der Waals surface area (Å²) in [6, 6.07) is -0.298. The van der Waals surface area contributed by atoms with E-state index in [2.05, 4.69) is 0 Å². The molecule has 0 spiro atoms. The van der Waals surface area contributed by atoms with Gasteiger partial charge in [0.05, 0.1) is 0 Å². The van der Waals surface area contributed by atoms with Gasteiger partial charge >= 0.3 is 6.03 Å². The number of primary amides is 1. The zero-order valence-electron chi connectivity index (χ0n) is 7.33. The van der Waals surface area contributed by atoms with Crippen LogP contribution in [0.15, 0.2) is 0 Å². The summed E-state index contributed by atoms with van der Waals surface area (Å²) >= 11 is 0. The Morgan fingerprint density at radius 3 is 2.75 bits per heavy atom. The number of nitrogens with zero attached hydrogens (tertiary/aromatic N) is 1. The maximum Gasteiger partial charge on any atom is 0.314 e. The molecule has 12 heavy (non-hydrogen) atoms. The Kier molecular flexibility index (Phi) is 3.34. The van der Waals surface area contributed by atoms with Gasteiger partial charge in [0.25, 0.3) is 0 Å². The molecule has 0 saturated carbocycles. The number of carbonyl (C=O) groups is 1. The fourth-order valence-corrected chi connectivity index (χ4v) is 1.62. The second kappa shape index (κ2) is 4.30. The monoisotopic (exact) mass is 171 g/mol. The summed E-state index contributed by atoms with van der Waals surface area (Å²) in [5.41, 5.74) is 10.7. The van der Waals surface area contributed by atoms with Crippen molar-refractivity contribution in [3.63, 3.8) is 0 Å². The quantitative estimate of drug-likeness (QED) is 0.588. The highest BCUT2D eigenvalue weighted by atomic mass is 16.2. The van der Waals surface area contributed by atoms with Crippen LogP contribution in [0.2, 0.25) is 0 Å². The van der Waals surface area contributed by atoms with Crippen molar-refractivity contribution in [1.29, 1.82) is 0 Å². The summed E-state index contributed by atoms with van der Waals surface area (Å²) in [6.45, 7) is 2.30. The Morgan fingerprint density at radius 1 is 1.42 bits per heavy atom. The van der Waals surface area contributed by atoms with Crippen LogP contribution in [0.5, 0.6) is 0 Å². The van der Waals surface area contributed by atoms with Crippen molar-refractivity contribution in [2.75, 3.05) is 19.6 Å². The minimum absolute atomic E-state index is 0.298. The molecule has 0 aromatic rings. The van der Waals surface area contributed by atoms with Gasteiger partial charge < -0.3 is 16.4 Å². The smallest absolute Gasteiger partial charge is 0.314 e. The van der Waals surface area contributed by atoms with Crippen LogP contribution in [0, 0.1) is 5.92 Å². The third kappa shape index (κ3) is 2.37. The van der Waals surface area contributed by atoms with Crippen LogP contribution in [0.4, 0.5) is 4.79 Å². The average Bonchev–Trinajstić information content (AvgIpc) is 2.28. The zero-order chi connectivity index (χ0) is 8.97. The molecule has 1 atom stereocenters. The molecule has 1 rings (SSSR count). The van der Waals surface area contributed by atoms with Crippen LogP contribution in [0.3, 0.4) is 0 Å². The van der Waals surface area contributed by atoms with Crippen LogP contribution < -0.4 is 11.5 Å². The first kappa shape index (κ1) is 9.32. The van der Waals surface area contributed by atoms with Crippen molar-refractivity contribution in [1.82, 2.24) is 4.90 Å². The molecule has 0 bridgehead atoms. The van der Waals surface area contributed by atoms with Crippen molar-refractivity contribution in [3.8, 4) is 0 Å². The largest absolute Gasteiger partial charge is 0.351 e. The fourth-order valence-electron chi connectivity index (χ4n) is 1.62. The molecular formula is C8H17N3O. The van der Waals surface area contributed by atoms with Gasteiger partial charge in [0, 0.05) is 13.1 Å². The molecule has 1 unspecified atom stereocenters. The predicted molar refractivity (Wildman–Crippen MR) is 47.6 cm³/mol. The van der Waals surface area contributed by atoms with E-state index in [1.807, 2.05) is 0 Å². The van der Waals surface area contributed by atoms with Gasteiger partial charge in [-0.25, -0.2) is 4.79 Å². The highest BCUT2D eigenvalue weighted by molar-refractivity contribution is 5.71. The molecule has 2 amide bonds. The third-order valence-corrected chi connectivity index (χ3v) is 2.49. The first-order valence-electron chi connectivity index (χ1n) is 4.48. The van der Waals surface area contributed by atoms with Gasteiger partial charge in [0.2, 0.25) is 0 Å². The van der Waals surface area contributed by atoms with E-state index in [4.69, 9.17) is 11.5 Å². The van der Waals surface area contributed by atoms with Crippen molar-refractivity contribution in [2.24, 2.45) is 17.4 Å². The Morgan fingerprint density at radius 2 is 2.17 bits per heavy atom. The van der Waals surface area contributed by atoms with Gasteiger partial charge in [-0.05, 0) is 31.7 Å². The van der Waals surface area contributed by atoms with E-state index >= 15 is 0 Å².